The lowest BCUT2D eigenvalue weighted by molar-refractivity contribution is -0.132. The standard InChI is InChI=1S/C4H8O2.2C3H4O2/c1-4(2-5)3-6;2*1-2-3(4)5/h5-6H,1-3H2;2*2H,1H2,(H,4,5). The molecule has 0 fully saturated rings. The quantitative estimate of drug-likeness (QED) is 0.402. The molecule has 0 aliphatic rings. The van der Waals surface area contributed by atoms with Crippen molar-refractivity contribution in [2.24, 2.45) is 0 Å². The van der Waals surface area contributed by atoms with Crippen LogP contribution >= 0.6 is 0 Å². The van der Waals surface area contributed by atoms with Gasteiger partial charge in [0.15, 0.2) is 0 Å². The Labute approximate surface area is 93.5 Å². The lowest BCUT2D eigenvalue weighted by Gasteiger charge is -1.88. The largest absolute Gasteiger partial charge is 0.478 e. The van der Waals surface area contributed by atoms with E-state index in [1.165, 1.54) is 0 Å². The van der Waals surface area contributed by atoms with E-state index >= 15 is 0 Å². The van der Waals surface area contributed by atoms with Gasteiger partial charge in [-0.15, -0.1) is 0 Å². The van der Waals surface area contributed by atoms with Crippen LogP contribution in [0.15, 0.2) is 37.5 Å². The van der Waals surface area contributed by atoms with Gasteiger partial charge in [-0.05, 0) is 5.57 Å². The monoisotopic (exact) mass is 232 g/mol. The van der Waals surface area contributed by atoms with Crippen LogP contribution in [-0.2, 0) is 9.59 Å². The average molecular weight is 232 g/mol. The molecule has 0 heterocycles. The molecular formula is C10H16O6. The van der Waals surface area contributed by atoms with Gasteiger partial charge in [0.2, 0.25) is 0 Å². The summed E-state index contributed by atoms with van der Waals surface area (Å²) in [7, 11) is 0. The second kappa shape index (κ2) is 15.5. The third-order valence-corrected chi connectivity index (χ3v) is 0.796. The van der Waals surface area contributed by atoms with Crippen molar-refractivity contribution in [2.45, 2.75) is 0 Å². The van der Waals surface area contributed by atoms with E-state index in [9.17, 15) is 9.59 Å². The van der Waals surface area contributed by atoms with Crippen molar-refractivity contribution in [3.8, 4) is 0 Å². The van der Waals surface area contributed by atoms with E-state index in [2.05, 4.69) is 19.7 Å². The second-order valence-corrected chi connectivity index (χ2v) is 2.15. The van der Waals surface area contributed by atoms with Crippen molar-refractivity contribution >= 4 is 11.9 Å². The van der Waals surface area contributed by atoms with E-state index < -0.39 is 11.9 Å². The summed E-state index contributed by atoms with van der Waals surface area (Å²) in [5.74, 6) is -1.96. The number of hydrogen-bond donors (Lipinski definition) is 4. The maximum atomic E-state index is 9.25. The molecule has 92 valence electrons. The van der Waals surface area contributed by atoms with Gasteiger partial charge in [-0.3, -0.25) is 0 Å². The van der Waals surface area contributed by atoms with Crippen molar-refractivity contribution in [3.63, 3.8) is 0 Å². The lowest BCUT2D eigenvalue weighted by atomic mass is 10.4. The summed E-state index contributed by atoms with van der Waals surface area (Å²) in [6.07, 6.45) is 1.67. The predicted molar refractivity (Wildman–Crippen MR) is 59.0 cm³/mol. The minimum absolute atomic E-state index is 0.115. The zero-order valence-corrected chi connectivity index (χ0v) is 8.80. The Bertz CT molecular complexity index is 220. The molecule has 0 amide bonds. The zero-order valence-electron chi connectivity index (χ0n) is 8.80. The summed E-state index contributed by atoms with van der Waals surface area (Å²) in [5, 5.41) is 31.4. The molecule has 0 aromatic rings. The fourth-order valence-electron chi connectivity index (χ4n) is 0.0500. The Kier molecular flexibility index (Phi) is 19.1. The van der Waals surface area contributed by atoms with Gasteiger partial charge in [0.05, 0.1) is 13.2 Å². The zero-order chi connectivity index (χ0) is 13.6. The maximum Gasteiger partial charge on any atom is 0.327 e. The number of aliphatic carboxylic acids is 2. The molecule has 0 saturated heterocycles. The second-order valence-electron chi connectivity index (χ2n) is 2.15. The fourth-order valence-corrected chi connectivity index (χ4v) is 0.0500. The molecule has 0 saturated carbocycles. The molecule has 0 aliphatic carbocycles. The first-order chi connectivity index (χ1) is 7.35. The first kappa shape index (κ1) is 19.6. The Morgan fingerprint density at radius 2 is 1.12 bits per heavy atom. The van der Waals surface area contributed by atoms with Gasteiger partial charge >= 0.3 is 11.9 Å². The lowest BCUT2D eigenvalue weighted by Crippen LogP contribution is -1.91. The number of rotatable bonds is 4. The molecule has 4 N–H and O–H groups in total. The topological polar surface area (TPSA) is 115 Å². The highest BCUT2D eigenvalue weighted by Crippen LogP contribution is 1.79. The SMILES string of the molecule is C=C(CO)CO.C=CC(=O)O.C=CC(=O)O. The minimum Gasteiger partial charge on any atom is -0.478 e. The van der Waals surface area contributed by atoms with Gasteiger partial charge in [-0.1, -0.05) is 19.7 Å². The minimum atomic E-state index is -0.981. The highest BCUT2D eigenvalue weighted by molar-refractivity contribution is 5.79. The first-order valence-electron chi connectivity index (χ1n) is 3.94. The molecule has 0 bridgehead atoms. The summed E-state index contributed by atoms with van der Waals surface area (Å²) in [4.78, 5) is 18.5. The number of aliphatic hydroxyl groups excluding tert-OH is 2. The third-order valence-electron chi connectivity index (χ3n) is 0.796. The van der Waals surface area contributed by atoms with Crippen LogP contribution in [0.5, 0.6) is 0 Å². The van der Waals surface area contributed by atoms with E-state index in [4.69, 9.17) is 20.4 Å². The van der Waals surface area contributed by atoms with Crippen LogP contribution in [0, 0.1) is 0 Å². The van der Waals surface area contributed by atoms with Gasteiger partial charge in [-0.25, -0.2) is 9.59 Å². The van der Waals surface area contributed by atoms with E-state index in [-0.39, 0.29) is 13.2 Å². The Morgan fingerprint density at radius 3 is 1.12 bits per heavy atom. The number of carbonyl (C=O) groups is 2. The van der Waals surface area contributed by atoms with Crippen LogP contribution in [0.1, 0.15) is 0 Å². The molecule has 0 spiro atoms. The van der Waals surface area contributed by atoms with Gasteiger partial charge < -0.3 is 20.4 Å². The van der Waals surface area contributed by atoms with Crippen LogP contribution in [0.4, 0.5) is 0 Å². The fraction of sp³-hybridized carbons (Fsp3) is 0.200. The highest BCUT2D eigenvalue weighted by Gasteiger charge is 1.80. The molecule has 0 unspecified atom stereocenters. The maximum absolute atomic E-state index is 9.25. The van der Waals surface area contributed by atoms with E-state index in [1.807, 2.05) is 0 Å². The molecule has 6 nitrogen and oxygen atoms in total. The summed E-state index contributed by atoms with van der Waals surface area (Å²) in [6.45, 7) is 8.98. The van der Waals surface area contributed by atoms with E-state index in [0.29, 0.717) is 5.57 Å². The number of aliphatic hydroxyl groups is 2. The van der Waals surface area contributed by atoms with Crippen molar-refractivity contribution in [2.75, 3.05) is 13.2 Å². The Balaban J connectivity index is -0.000000160. The molecule has 0 radical (unpaired) electrons. The summed E-state index contributed by atoms with van der Waals surface area (Å²) in [6, 6.07) is 0. The smallest absolute Gasteiger partial charge is 0.327 e. The molecule has 0 aromatic heterocycles. The first-order valence-corrected chi connectivity index (χ1v) is 3.94. The number of carboxylic acids is 2. The van der Waals surface area contributed by atoms with Crippen molar-refractivity contribution in [1.82, 2.24) is 0 Å². The normalized spacial score (nSPS) is 7.12. The molecule has 0 rings (SSSR count). The Morgan fingerprint density at radius 1 is 0.938 bits per heavy atom. The van der Waals surface area contributed by atoms with Crippen LogP contribution in [-0.4, -0.2) is 45.6 Å². The molecule has 0 atom stereocenters. The van der Waals surface area contributed by atoms with E-state index in [1.54, 1.807) is 0 Å². The van der Waals surface area contributed by atoms with Crippen LogP contribution < -0.4 is 0 Å². The van der Waals surface area contributed by atoms with Gasteiger partial charge in [0.1, 0.15) is 0 Å². The summed E-state index contributed by atoms with van der Waals surface area (Å²) >= 11 is 0. The average Bonchev–Trinajstić information content (AvgIpc) is 2.29. The van der Waals surface area contributed by atoms with Gasteiger partial charge in [0, 0.05) is 12.2 Å². The van der Waals surface area contributed by atoms with Crippen LogP contribution in [0.3, 0.4) is 0 Å². The molecule has 6 heteroatoms. The molecule has 16 heavy (non-hydrogen) atoms. The van der Waals surface area contributed by atoms with E-state index in [0.717, 1.165) is 12.2 Å². The Hall–Kier alpha value is -1.92. The molecule has 0 aliphatic heterocycles. The number of carboxylic acid groups (broad SMARTS) is 2. The van der Waals surface area contributed by atoms with Crippen molar-refractivity contribution in [1.29, 1.82) is 0 Å². The predicted octanol–water partition coefficient (Wildman–Crippen LogP) is 0.0412. The molecule has 0 aromatic carbocycles. The number of hydrogen-bond acceptors (Lipinski definition) is 4. The van der Waals surface area contributed by atoms with Gasteiger partial charge in [0.25, 0.3) is 0 Å². The highest BCUT2D eigenvalue weighted by atomic mass is 16.4. The third kappa shape index (κ3) is 40.1. The van der Waals surface area contributed by atoms with Crippen molar-refractivity contribution < 1.29 is 30.0 Å². The van der Waals surface area contributed by atoms with Crippen LogP contribution in [0.25, 0.3) is 0 Å². The summed E-state index contributed by atoms with van der Waals surface area (Å²) < 4.78 is 0. The van der Waals surface area contributed by atoms with Crippen molar-refractivity contribution in [3.05, 3.63) is 37.5 Å². The van der Waals surface area contributed by atoms with Crippen LogP contribution in [0.2, 0.25) is 0 Å². The van der Waals surface area contributed by atoms with Gasteiger partial charge in [-0.2, -0.15) is 0 Å². The summed E-state index contributed by atoms with van der Waals surface area (Å²) in [5.41, 5.74) is 0.454. The molecular weight excluding hydrogens is 216 g/mol.